The first-order valence-corrected chi connectivity index (χ1v) is 7.20. The van der Waals surface area contributed by atoms with Crippen LogP contribution in [0.2, 0.25) is 0 Å². The average Bonchev–Trinajstić information content (AvgIpc) is 2.77. The molecule has 0 spiro atoms. The number of halogens is 1. The van der Waals surface area contributed by atoms with Gasteiger partial charge in [0.05, 0.1) is 6.04 Å². The maximum absolute atomic E-state index is 12.8. The van der Waals surface area contributed by atoms with Crippen molar-refractivity contribution in [2.45, 2.75) is 45.3 Å². The Morgan fingerprint density at radius 3 is 2.55 bits per heavy atom. The summed E-state index contributed by atoms with van der Waals surface area (Å²) in [6, 6.07) is 5.22. The third-order valence-corrected chi connectivity index (χ3v) is 3.17. The molecule has 2 amide bonds. The van der Waals surface area contributed by atoms with E-state index in [1.54, 1.807) is 20.8 Å². The van der Waals surface area contributed by atoms with Crippen molar-refractivity contribution >= 4 is 12.0 Å². The molecule has 0 unspecified atom stereocenters. The van der Waals surface area contributed by atoms with Gasteiger partial charge in [-0.15, -0.1) is 0 Å². The molecule has 5 nitrogen and oxygen atoms in total. The lowest BCUT2D eigenvalue weighted by Crippen LogP contribution is -2.44. The van der Waals surface area contributed by atoms with E-state index in [-0.39, 0.29) is 30.8 Å². The highest BCUT2D eigenvalue weighted by atomic mass is 19.1. The van der Waals surface area contributed by atoms with Gasteiger partial charge in [-0.05, 0) is 51.5 Å². The number of imide groups is 1. The van der Waals surface area contributed by atoms with E-state index < -0.39 is 11.7 Å². The number of carbonyl (C=O) groups excluding carboxylic acids is 2. The van der Waals surface area contributed by atoms with Crippen LogP contribution in [0.15, 0.2) is 24.3 Å². The van der Waals surface area contributed by atoms with Crippen molar-refractivity contribution in [3.05, 3.63) is 30.1 Å². The number of hydrogen-bond acceptors (Lipinski definition) is 4. The molecule has 1 aromatic rings. The molecule has 2 rings (SSSR count). The van der Waals surface area contributed by atoms with Crippen molar-refractivity contribution in [3.8, 4) is 5.75 Å². The van der Waals surface area contributed by atoms with Gasteiger partial charge in [0.25, 0.3) is 0 Å². The van der Waals surface area contributed by atoms with Crippen molar-refractivity contribution in [3.63, 3.8) is 0 Å². The Hall–Kier alpha value is -2.11. The topological polar surface area (TPSA) is 55.8 Å². The van der Waals surface area contributed by atoms with Crippen molar-refractivity contribution in [2.75, 3.05) is 6.61 Å². The fraction of sp³-hybridized carbons (Fsp3) is 0.500. The number of carbonyl (C=O) groups is 2. The Morgan fingerprint density at radius 2 is 1.95 bits per heavy atom. The number of likely N-dealkylation sites (tertiary alicyclic amines) is 1. The predicted octanol–water partition coefficient (Wildman–Crippen LogP) is 3.13. The molecule has 1 saturated heterocycles. The third kappa shape index (κ3) is 4.19. The van der Waals surface area contributed by atoms with Crippen LogP contribution in [0.25, 0.3) is 0 Å². The highest BCUT2D eigenvalue weighted by Crippen LogP contribution is 2.23. The minimum absolute atomic E-state index is 0.163. The minimum atomic E-state index is -0.664. The van der Waals surface area contributed by atoms with Gasteiger partial charge in [-0.2, -0.15) is 0 Å². The second kappa shape index (κ2) is 6.34. The number of hydrogen-bond donors (Lipinski definition) is 0. The van der Waals surface area contributed by atoms with E-state index in [0.717, 1.165) is 4.90 Å². The van der Waals surface area contributed by atoms with Gasteiger partial charge in [-0.3, -0.25) is 4.79 Å². The van der Waals surface area contributed by atoms with E-state index >= 15 is 0 Å². The molecule has 0 aliphatic carbocycles. The smallest absolute Gasteiger partial charge is 0.417 e. The second-order valence-corrected chi connectivity index (χ2v) is 6.20. The molecule has 6 heteroatoms. The average molecular weight is 309 g/mol. The predicted molar refractivity (Wildman–Crippen MR) is 78.0 cm³/mol. The van der Waals surface area contributed by atoms with Gasteiger partial charge in [-0.25, -0.2) is 14.1 Å². The lowest BCUT2D eigenvalue weighted by atomic mass is 10.2. The fourth-order valence-electron chi connectivity index (χ4n) is 2.19. The monoisotopic (exact) mass is 309 g/mol. The van der Waals surface area contributed by atoms with E-state index in [4.69, 9.17) is 9.47 Å². The second-order valence-electron chi connectivity index (χ2n) is 6.20. The van der Waals surface area contributed by atoms with Crippen LogP contribution in [0.1, 0.15) is 33.6 Å². The number of nitrogens with zero attached hydrogens (tertiary/aromatic N) is 1. The Bertz CT molecular complexity index is 550. The Labute approximate surface area is 129 Å². The summed E-state index contributed by atoms with van der Waals surface area (Å²) in [5.74, 6) is -0.120. The Morgan fingerprint density at radius 1 is 1.32 bits per heavy atom. The summed E-state index contributed by atoms with van der Waals surface area (Å²) in [7, 11) is 0. The summed E-state index contributed by atoms with van der Waals surface area (Å²) in [4.78, 5) is 25.1. The van der Waals surface area contributed by atoms with E-state index in [9.17, 15) is 14.0 Å². The van der Waals surface area contributed by atoms with E-state index in [0.29, 0.717) is 12.2 Å². The van der Waals surface area contributed by atoms with Crippen LogP contribution in [0.5, 0.6) is 5.75 Å². The van der Waals surface area contributed by atoms with Crippen molar-refractivity contribution in [2.24, 2.45) is 0 Å². The summed E-state index contributed by atoms with van der Waals surface area (Å²) in [6.07, 6.45) is 0.165. The summed E-state index contributed by atoms with van der Waals surface area (Å²) in [6.45, 7) is 5.40. The minimum Gasteiger partial charge on any atom is -0.491 e. The highest BCUT2D eigenvalue weighted by molar-refractivity contribution is 5.94. The van der Waals surface area contributed by atoms with Crippen LogP contribution in [-0.4, -0.2) is 35.2 Å². The van der Waals surface area contributed by atoms with Gasteiger partial charge in [0.2, 0.25) is 5.91 Å². The van der Waals surface area contributed by atoms with Gasteiger partial charge in [0, 0.05) is 6.42 Å². The zero-order chi connectivity index (χ0) is 16.3. The van der Waals surface area contributed by atoms with Crippen LogP contribution >= 0.6 is 0 Å². The number of benzene rings is 1. The first-order valence-electron chi connectivity index (χ1n) is 7.20. The third-order valence-electron chi connectivity index (χ3n) is 3.17. The zero-order valence-electron chi connectivity index (χ0n) is 13.0. The molecule has 0 bridgehead atoms. The SMILES string of the molecule is CC(C)(C)OC(=O)N1C(=O)CC[C@H]1COc1ccc(F)cc1. The molecule has 0 aromatic heterocycles. The molecule has 22 heavy (non-hydrogen) atoms. The summed E-state index contributed by atoms with van der Waals surface area (Å²) >= 11 is 0. The molecule has 0 N–H and O–H groups in total. The standard InChI is InChI=1S/C16H20FNO4/c1-16(2,3)22-15(20)18-12(6-9-14(18)19)10-21-13-7-4-11(17)5-8-13/h4-5,7-8,12H,6,9-10H2,1-3H3/t12-/m0/s1. The van der Waals surface area contributed by atoms with E-state index in [2.05, 4.69) is 0 Å². The normalized spacial score (nSPS) is 18.5. The lowest BCUT2D eigenvalue weighted by Gasteiger charge is -2.27. The van der Waals surface area contributed by atoms with Gasteiger partial charge < -0.3 is 9.47 Å². The van der Waals surface area contributed by atoms with Crippen LogP contribution in [-0.2, 0) is 9.53 Å². The molecule has 0 radical (unpaired) electrons. The molecule has 1 fully saturated rings. The van der Waals surface area contributed by atoms with Gasteiger partial charge in [-0.1, -0.05) is 0 Å². The summed E-state index contributed by atoms with van der Waals surface area (Å²) < 4.78 is 23.6. The largest absolute Gasteiger partial charge is 0.491 e. The quantitative estimate of drug-likeness (QED) is 0.861. The fourth-order valence-corrected chi connectivity index (χ4v) is 2.19. The molecular weight excluding hydrogens is 289 g/mol. The van der Waals surface area contributed by atoms with E-state index in [1.165, 1.54) is 24.3 Å². The molecule has 1 atom stereocenters. The molecule has 120 valence electrons. The van der Waals surface area contributed by atoms with E-state index in [1.807, 2.05) is 0 Å². The van der Waals surface area contributed by atoms with Crippen LogP contribution < -0.4 is 4.74 Å². The lowest BCUT2D eigenvalue weighted by molar-refractivity contribution is -0.128. The number of amides is 2. The molecule has 1 aromatic carbocycles. The van der Waals surface area contributed by atoms with Crippen LogP contribution in [0.4, 0.5) is 9.18 Å². The van der Waals surface area contributed by atoms with Crippen LogP contribution in [0.3, 0.4) is 0 Å². The first-order chi connectivity index (χ1) is 10.3. The van der Waals surface area contributed by atoms with Crippen LogP contribution in [0, 0.1) is 5.82 Å². The zero-order valence-corrected chi connectivity index (χ0v) is 13.0. The molecule has 0 saturated carbocycles. The summed E-state index contributed by atoms with van der Waals surface area (Å²) in [5, 5.41) is 0. The number of ether oxygens (including phenoxy) is 2. The van der Waals surface area contributed by atoms with Crippen molar-refractivity contribution in [1.29, 1.82) is 0 Å². The van der Waals surface area contributed by atoms with Crippen molar-refractivity contribution < 1.29 is 23.5 Å². The molecule has 1 aliphatic heterocycles. The Balaban J connectivity index is 1.98. The van der Waals surface area contributed by atoms with Gasteiger partial charge in [0.1, 0.15) is 23.8 Å². The van der Waals surface area contributed by atoms with Crippen molar-refractivity contribution in [1.82, 2.24) is 4.90 Å². The molecular formula is C16H20FNO4. The summed E-state index contributed by atoms with van der Waals surface area (Å²) in [5.41, 5.74) is -0.664. The van der Waals surface area contributed by atoms with Gasteiger partial charge in [0.15, 0.2) is 0 Å². The molecule has 1 aliphatic rings. The highest BCUT2D eigenvalue weighted by Gasteiger charge is 2.38. The number of rotatable bonds is 3. The Kier molecular flexibility index (Phi) is 4.68. The maximum Gasteiger partial charge on any atom is 0.417 e. The van der Waals surface area contributed by atoms with Gasteiger partial charge >= 0.3 is 6.09 Å². The maximum atomic E-state index is 12.8. The molecule has 1 heterocycles. The first kappa shape index (κ1) is 16.3.